The molecule has 1 heterocycles. The van der Waals surface area contributed by atoms with Crippen molar-refractivity contribution in [1.82, 2.24) is 9.55 Å². The number of nitriles is 1. The first kappa shape index (κ1) is 23.2. The Morgan fingerprint density at radius 2 is 1.66 bits per heavy atom. The number of aryl methyl sites for hydroxylation is 1. The van der Waals surface area contributed by atoms with Gasteiger partial charge in [-0.2, -0.15) is 31.6 Å². The number of hydrogen-bond acceptors (Lipinski definition) is 2. The van der Waals surface area contributed by atoms with E-state index in [2.05, 4.69) is 4.98 Å². The lowest BCUT2D eigenvalue weighted by Crippen LogP contribution is -2.28. The van der Waals surface area contributed by atoms with Gasteiger partial charge in [0.25, 0.3) is 0 Å². The van der Waals surface area contributed by atoms with Crippen LogP contribution in [0.1, 0.15) is 27.9 Å². The lowest BCUT2D eigenvalue weighted by Gasteiger charge is -2.13. The molecule has 3 nitrogen and oxygen atoms in total. The first-order valence-corrected chi connectivity index (χ1v) is 9.29. The number of benzene rings is 2. The molecular formula is C22H15BF6N3. The summed E-state index contributed by atoms with van der Waals surface area (Å²) in [5.74, 6) is 0. The monoisotopic (exact) mass is 446 g/mol. The van der Waals surface area contributed by atoms with E-state index in [0.29, 0.717) is 11.4 Å². The molecule has 0 amide bonds. The number of aromatic nitrogens is 2. The van der Waals surface area contributed by atoms with Crippen LogP contribution in [-0.4, -0.2) is 16.8 Å². The summed E-state index contributed by atoms with van der Waals surface area (Å²) in [6.07, 6.45) is -6.31. The van der Waals surface area contributed by atoms with Crippen LogP contribution < -0.4 is 5.72 Å². The Bertz CT molecular complexity index is 1190. The number of imidazole rings is 1. The Labute approximate surface area is 180 Å². The Morgan fingerprint density at radius 3 is 2.28 bits per heavy atom. The van der Waals surface area contributed by atoms with Crippen LogP contribution in [0.2, 0.25) is 0 Å². The highest BCUT2D eigenvalue weighted by Crippen LogP contribution is 2.32. The van der Waals surface area contributed by atoms with E-state index in [0.717, 1.165) is 24.3 Å². The fourth-order valence-corrected chi connectivity index (χ4v) is 3.08. The van der Waals surface area contributed by atoms with Gasteiger partial charge < -0.3 is 4.57 Å². The van der Waals surface area contributed by atoms with Gasteiger partial charge in [0, 0.05) is 11.9 Å². The SMILES string of the molecule is Cc1cnc([B]C(=Cc2cccc(C(F)(F)F)c2)c2cccc(C(F)(F)F)c2)n1CC#N. The predicted molar refractivity (Wildman–Crippen MR) is 109 cm³/mol. The summed E-state index contributed by atoms with van der Waals surface area (Å²) >= 11 is 0. The van der Waals surface area contributed by atoms with Gasteiger partial charge in [-0.15, -0.1) is 0 Å². The zero-order valence-electron chi connectivity index (χ0n) is 16.7. The number of alkyl halides is 6. The van der Waals surface area contributed by atoms with Gasteiger partial charge in [0.05, 0.1) is 22.9 Å². The third-order valence-corrected chi connectivity index (χ3v) is 4.66. The quantitative estimate of drug-likeness (QED) is 0.304. The van der Waals surface area contributed by atoms with E-state index in [9.17, 15) is 26.3 Å². The summed E-state index contributed by atoms with van der Waals surface area (Å²) < 4.78 is 80.5. The average Bonchev–Trinajstić information content (AvgIpc) is 3.06. The number of nitrogens with zero attached hydrogens (tertiary/aromatic N) is 3. The summed E-state index contributed by atoms with van der Waals surface area (Å²) in [5, 5.41) is 9.05. The molecule has 0 aliphatic heterocycles. The molecule has 10 heteroatoms. The highest BCUT2D eigenvalue weighted by molar-refractivity contribution is 6.73. The van der Waals surface area contributed by atoms with Gasteiger partial charge in [0.2, 0.25) is 7.28 Å². The van der Waals surface area contributed by atoms with Crippen molar-refractivity contribution in [3.8, 4) is 6.07 Å². The average molecular weight is 446 g/mol. The standard InChI is InChI=1S/C22H15BF6N3/c1-14-13-31-20(32(14)9-8-30)23-19(16-5-3-7-18(12-16)22(27,28)29)11-15-4-2-6-17(10-15)21(24,25)26/h2-7,10-13H,9H2,1H3. The Hall–Kier alpha value is -3.48. The number of hydrogen-bond donors (Lipinski definition) is 0. The minimum atomic E-state index is -4.59. The molecule has 0 bridgehead atoms. The molecule has 2 aromatic carbocycles. The normalized spacial score (nSPS) is 12.5. The van der Waals surface area contributed by atoms with E-state index in [1.54, 1.807) is 11.5 Å². The zero-order valence-corrected chi connectivity index (χ0v) is 16.7. The highest BCUT2D eigenvalue weighted by atomic mass is 19.4. The van der Waals surface area contributed by atoms with Crippen LogP contribution in [0.15, 0.2) is 54.7 Å². The van der Waals surface area contributed by atoms with E-state index in [4.69, 9.17) is 5.26 Å². The molecule has 1 aromatic heterocycles. The van der Waals surface area contributed by atoms with Crippen molar-refractivity contribution in [3.63, 3.8) is 0 Å². The van der Waals surface area contributed by atoms with Gasteiger partial charge in [0.15, 0.2) is 0 Å². The second-order valence-corrected chi connectivity index (χ2v) is 6.95. The molecule has 0 atom stereocenters. The van der Waals surface area contributed by atoms with E-state index in [1.807, 2.05) is 6.07 Å². The van der Waals surface area contributed by atoms with E-state index < -0.39 is 23.5 Å². The maximum atomic E-state index is 13.2. The van der Waals surface area contributed by atoms with Crippen LogP contribution in [0.4, 0.5) is 26.3 Å². The maximum absolute atomic E-state index is 13.2. The third-order valence-electron chi connectivity index (χ3n) is 4.66. The van der Waals surface area contributed by atoms with Crippen molar-refractivity contribution in [1.29, 1.82) is 5.26 Å². The molecular weight excluding hydrogens is 431 g/mol. The molecule has 0 fully saturated rings. The molecule has 0 saturated carbocycles. The second kappa shape index (κ2) is 8.95. The Balaban J connectivity index is 2.13. The van der Waals surface area contributed by atoms with E-state index in [1.165, 1.54) is 43.8 Å². The first-order valence-electron chi connectivity index (χ1n) is 9.29. The van der Waals surface area contributed by atoms with Crippen molar-refractivity contribution < 1.29 is 26.3 Å². The molecule has 3 aromatic rings. The summed E-state index contributed by atoms with van der Waals surface area (Å²) in [6, 6.07) is 10.9. The lowest BCUT2D eigenvalue weighted by atomic mass is 9.65. The molecule has 3 rings (SSSR count). The van der Waals surface area contributed by atoms with Gasteiger partial charge >= 0.3 is 12.4 Å². The molecule has 163 valence electrons. The molecule has 0 aliphatic carbocycles. The predicted octanol–water partition coefficient (Wildman–Crippen LogP) is 5.28. The van der Waals surface area contributed by atoms with Crippen LogP contribution in [0.25, 0.3) is 11.5 Å². The molecule has 0 N–H and O–H groups in total. The minimum Gasteiger partial charge on any atom is -0.327 e. The van der Waals surface area contributed by atoms with E-state index in [-0.39, 0.29) is 23.1 Å². The zero-order chi connectivity index (χ0) is 23.5. The van der Waals surface area contributed by atoms with Crippen LogP contribution in [0.5, 0.6) is 0 Å². The van der Waals surface area contributed by atoms with Crippen molar-refractivity contribution in [2.75, 3.05) is 0 Å². The Kier molecular flexibility index (Phi) is 6.48. The molecule has 0 spiro atoms. The number of halogens is 6. The van der Waals surface area contributed by atoms with Gasteiger partial charge in [-0.25, -0.2) is 0 Å². The van der Waals surface area contributed by atoms with Crippen LogP contribution in [0.3, 0.4) is 0 Å². The summed E-state index contributed by atoms with van der Waals surface area (Å²) in [6.45, 7) is 1.67. The smallest absolute Gasteiger partial charge is 0.327 e. The first-order chi connectivity index (χ1) is 15.0. The fourth-order valence-electron chi connectivity index (χ4n) is 3.08. The topological polar surface area (TPSA) is 41.6 Å². The number of rotatable bonds is 5. The summed E-state index contributed by atoms with van der Waals surface area (Å²) in [5.41, 5.74) is -0.327. The van der Waals surface area contributed by atoms with Crippen LogP contribution in [0, 0.1) is 18.3 Å². The maximum Gasteiger partial charge on any atom is 0.416 e. The minimum absolute atomic E-state index is 0.0445. The van der Waals surface area contributed by atoms with Crippen LogP contribution >= 0.6 is 0 Å². The molecule has 0 unspecified atom stereocenters. The molecule has 1 radical (unpaired) electrons. The Morgan fingerprint density at radius 1 is 1.03 bits per heavy atom. The van der Waals surface area contributed by atoms with Crippen molar-refractivity contribution in [2.45, 2.75) is 25.8 Å². The van der Waals surface area contributed by atoms with Crippen LogP contribution in [-0.2, 0) is 18.9 Å². The lowest BCUT2D eigenvalue weighted by molar-refractivity contribution is -0.138. The van der Waals surface area contributed by atoms with Crippen molar-refractivity contribution in [3.05, 3.63) is 82.7 Å². The largest absolute Gasteiger partial charge is 0.416 e. The van der Waals surface area contributed by atoms with Crippen molar-refractivity contribution in [2.24, 2.45) is 0 Å². The van der Waals surface area contributed by atoms with E-state index >= 15 is 0 Å². The molecule has 32 heavy (non-hydrogen) atoms. The summed E-state index contributed by atoms with van der Waals surface area (Å²) in [4.78, 5) is 4.18. The molecule has 0 saturated heterocycles. The van der Waals surface area contributed by atoms with Gasteiger partial charge in [-0.1, -0.05) is 35.8 Å². The third kappa shape index (κ3) is 5.41. The second-order valence-electron chi connectivity index (χ2n) is 6.95. The van der Waals surface area contributed by atoms with Gasteiger partial charge in [-0.05, 0) is 42.3 Å². The summed E-state index contributed by atoms with van der Waals surface area (Å²) in [7, 11) is 1.44. The van der Waals surface area contributed by atoms with Gasteiger partial charge in [0.1, 0.15) is 6.54 Å². The van der Waals surface area contributed by atoms with Crippen molar-refractivity contribution >= 4 is 24.6 Å². The van der Waals surface area contributed by atoms with Gasteiger partial charge in [-0.3, -0.25) is 4.98 Å². The highest BCUT2D eigenvalue weighted by Gasteiger charge is 2.31. The fraction of sp³-hybridized carbons (Fsp3) is 0.182. The molecule has 0 aliphatic rings.